The van der Waals surface area contributed by atoms with Gasteiger partial charge in [-0.1, -0.05) is 87.4 Å². The number of fused-ring (bicyclic) bond motifs is 1. The number of carbonyl (C=O) groups is 1. The Morgan fingerprint density at radius 3 is 2.62 bits per heavy atom. The zero-order valence-electron chi connectivity index (χ0n) is 15.3. The number of hydrogen-bond acceptors (Lipinski definition) is 3. The summed E-state index contributed by atoms with van der Waals surface area (Å²) in [5.74, 6) is -0.146. The van der Waals surface area contributed by atoms with Crippen LogP contribution < -0.4 is 4.90 Å². The van der Waals surface area contributed by atoms with Crippen molar-refractivity contribution in [3.05, 3.63) is 99.5 Å². The molecule has 0 atom stereocenters. The van der Waals surface area contributed by atoms with Gasteiger partial charge in [0.1, 0.15) is 0 Å². The van der Waals surface area contributed by atoms with Crippen LogP contribution in [0.2, 0.25) is 5.02 Å². The first kappa shape index (κ1) is 19.8. The Balaban J connectivity index is 1.69. The normalized spacial score (nSPS) is 11.2. The van der Waals surface area contributed by atoms with Gasteiger partial charge in [0.05, 0.1) is 16.8 Å². The minimum absolute atomic E-state index is 0.146. The van der Waals surface area contributed by atoms with Crippen molar-refractivity contribution in [1.82, 2.24) is 4.98 Å². The van der Waals surface area contributed by atoms with Crippen molar-refractivity contribution >= 4 is 66.2 Å². The minimum atomic E-state index is -0.146. The zero-order valence-corrected chi connectivity index (χ0v) is 18.4. The highest BCUT2D eigenvalue weighted by molar-refractivity contribution is 9.10. The summed E-state index contributed by atoms with van der Waals surface area (Å²) in [6, 6.07) is 23.2. The lowest BCUT2D eigenvalue weighted by atomic mass is 10.2. The molecular formula is C23H16BrClN2OS. The molecule has 4 rings (SSSR count). The number of halogens is 2. The van der Waals surface area contributed by atoms with Crippen LogP contribution in [0.25, 0.3) is 16.3 Å². The second kappa shape index (κ2) is 8.91. The summed E-state index contributed by atoms with van der Waals surface area (Å²) >= 11 is 11.2. The van der Waals surface area contributed by atoms with E-state index in [1.165, 1.54) is 11.3 Å². The van der Waals surface area contributed by atoms with Crippen LogP contribution in [-0.2, 0) is 11.3 Å². The van der Waals surface area contributed by atoms with Gasteiger partial charge in [0.15, 0.2) is 5.13 Å². The lowest BCUT2D eigenvalue weighted by Gasteiger charge is -2.18. The maximum absolute atomic E-state index is 13.1. The first-order valence-electron chi connectivity index (χ1n) is 8.94. The number of nitrogens with zero attached hydrogens (tertiary/aromatic N) is 2. The maximum Gasteiger partial charge on any atom is 0.253 e. The molecule has 3 nitrogen and oxygen atoms in total. The molecule has 0 spiro atoms. The highest BCUT2D eigenvalue weighted by Crippen LogP contribution is 2.32. The van der Waals surface area contributed by atoms with E-state index in [-0.39, 0.29) is 5.91 Å². The second-order valence-corrected chi connectivity index (χ2v) is 8.71. The van der Waals surface area contributed by atoms with Gasteiger partial charge >= 0.3 is 0 Å². The summed E-state index contributed by atoms with van der Waals surface area (Å²) in [6.07, 6.45) is 3.29. The third-order valence-electron chi connectivity index (χ3n) is 4.33. The SMILES string of the molecule is O=C(/C=C/c1ccccc1Cl)N(Cc1ccccc1)c1nc2ccc(Br)cc2s1. The fourth-order valence-electron chi connectivity index (χ4n) is 2.87. The molecule has 0 N–H and O–H groups in total. The Bertz CT molecular complexity index is 1190. The predicted octanol–water partition coefficient (Wildman–Crippen LogP) is 6.96. The molecular weight excluding hydrogens is 468 g/mol. The monoisotopic (exact) mass is 482 g/mol. The van der Waals surface area contributed by atoms with Gasteiger partial charge in [0.25, 0.3) is 5.91 Å². The van der Waals surface area contributed by atoms with Gasteiger partial charge in [-0.25, -0.2) is 4.98 Å². The number of anilines is 1. The molecule has 0 unspecified atom stereocenters. The summed E-state index contributed by atoms with van der Waals surface area (Å²) in [4.78, 5) is 19.5. The van der Waals surface area contributed by atoms with Crippen molar-refractivity contribution in [3.63, 3.8) is 0 Å². The van der Waals surface area contributed by atoms with E-state index in [9.17, 15) is 4.79 Å². The van der Waals surface area contributed by atoms with Gasteiger partial charge in [-0.2, -0.15) is 0 Å². The molecule has 1 aromatic heterocycles. The molecule has 0 bridgehead atoms. The zero-order chi connectivity index (χ0) is 20.2. The third-order valence-corrected chi connectivity index (χ3v) is 6.21. The largest absolute Gasteiger partial charge is 0.280 e. The summed E-state index contributed by atoms with van der Waals surface area (Å²) in [6.45, 7) is 0.438. The van der Waals surface area contributed by atoms with Crippen LogP contribution in [0.4, 0.5) is 5.13 Å². The van der Waals surface area contributed by atoms with Crippen LogP contribution in [0.3, 0.4) is 0 Å². The van der Waals surface area contributed by atoms with E-state index >= 15 is 0 Å². The highest BCUT2D eigenvalue weighted by atomic mass is 79.9. The number of carbonyl (C=O) groups excluding carboxylic acids is 1. The molecule has 0 fully saturated rings. The third kappa shape index (κ3) is 4.75. The van der Waals surface area contributed by atoms with Crippen LogP contribution in [-0.4, -0.2) is 10.9 Å². The van der Waals surface area contributed by atoms with E-state index in [0.717, 1.165) is 25.8 Å². The molecule has 1 heterocycles. The van der Waals surface area contributed by atoms with Gasteiger partial charge in [-0.05, 0) is 41.5 Å². The number of rotatable bonds is 5. The fourth-order valence-corrected chi connectivity index (χ4v) is 4.59. The van der Waals surface area contributed by atoms with Crippen LogP contribution in [0.1, 0.15) is 11.1 Å². The van der Waals surface area contributed by atoms with Gasteiger partial charge in [0.2, 0.25) is 0 Å². The van der Waals surface area contributed by atoms with Crippen LogP contribution in [0, 0.1) is 0 Å². The number of hydrogen-bond donors (Lipinski definition) is 0. The number of thiazole rings is 1. The number of amides is 1. The van der Waals surface area contributed by atoms with E-state index in [2.05, 4.69) is 20.9 Å². The molecule has 0 saturated heterocycles. The lowest BCUT2D eigenvalue weighted by molar-refractivity contribution is -0.114. The molecule has 0 aliphatic heterocycles. The molecule has 3 aromatic carbocycles. The molecule has 0 aliphatic rings. The Kier molecular flexibility index (Phi) is 6.09. The first-order valence-corrected chi connectivity index (χ1v) is 10.9. The second-order valence-electron chi connectivity index (χ2n) is 6.37. The summed E-state index contributed by atoms with van der Waals surface area (Å²) in [5.41, 5.74) is 2.71. The smallest absolute Gasteiger partial charge is 0.253 e. The molecule has 6 heteroatoms. The topological polar surface area (TPSA) is 33.2 Å². The summed E-state index contributed by atoms with van der Waals surface area (Å²) < 4.78 is 2.01. The van der Waals surface area contributed by atoms with Gasteiger partial charge in [0, 0.05) is 15.6 Å². The van der Waals surface area contributed by atoms with Gasteiger partial charge in [-0.3, -0.25) is 9.69 Å². The van der Waals surface area contributed by atoms with E-state index in [1.54, 1.807) is 23.1 Å². The van der Waals surface area contributed by atoms with Crippen molar-refractivity contribution in [2.24, 2.45) is 0 Å². The van der Waals surface area contributed by atoms with Crippen LogP contribution in [0.15, 0.2) is 83.3 Å². The number of aromatic nitrogens is 1. The van der Waals surface area contributed by atoms with Crippen molar-refractivity contribution in [3.8, 4) is 0 Å². The van der Waals surface area contributed by atoms with Gasteiger partial charge < -0.3 is 0 Å². The van der Waals surface area contributed by atoms with Gasteiger partial charge in [-0.15, -0.1) is 0 Å². The van der Waals surface area contributed by atoms with E-state index < -0.39 is 0 Å². The average Bonchev–Trinajstić information content (AvgIpc) is 3.14. The Morgan fingerprint density at radius 2 is 1.83 bits per heavy atom. The Labute approximate surface area is 186 Å². The van der Waals surface area contributed by atoms with E-state index in [0.29, 0.717) is 16.7 Å². The molecule has 29 heavy (non-hydrogen) atoms. The van der Waals surface area contributed by atoms with Crippen molar-refractivity contribution in [2.75, 3.05) is 4.90 Å². The minimum Gasteiger partial charge on any atom is -0.280 e. The molecule has 144 valence electrons. The molecule has 0 saturated carbocycles. The first-order chi connectivity index (χ1) is 14.1. The highest BCUT2D eigenvalue weighted by Gasteiger charge is 2.18. The summed E-state index contributed by atoms with van der Waals surface area (Å²) in [5, 5.41) is 1.27. The predicted molar refractivity (Wildman–Crippen MR) is 125 cm³/mol. The summed E-state index contributed by atoms with van der Waals surface area (Å²) in [7, 11) is 0. The van der Waals surface area contributed by atoms with Crippen LogP contribution in [0.5, 0.6) is 0 Å². The Hall–Kier alpha value is -2.47. The van der Waals surface area contributed by atoms with Crippen molar-refractivity contribution in [2.45, 2.75) is 6.54 Å². The molecule has 1 amide bonds. The molecule has 0 aliphatic carbocycles. The number of benzene rings is 3. The van der Waals surface area contributed by atoms with E-state index in [4.69, 9.17) is 11.6 Å². The lowest BCUT2D eigenvalue weighted by Crippen LogP contribution is -2.28. The molecule has 0 radical (unpaired) electrons. The molecule has 4 aromatic rings. The Morgan fingerprint density at radius 1 is 1.07 bits per heavy atom. The van der Waals surface area contributed by atoms with Crippen LogP contribution >= 0.6 is 38.9 Å². The average molecular weight is 484 g/mol. The van der Waals surface area contributed by atoms with Crippen molar-refractivity contribution in [1.29, 1.82) is 0 Å². The fraction of sp³-hybridized carbons (Fsp3) is 0.0435. The van der Waals surface area contributed by atoms with E-state index in [1.807, 2.05) is 66.7 Å². The standard InChI is InChI=1S/C23H16BrClN2OS/c24-18-11-12-20-21(14-18)29-23(26-20)27(15-16-6-2-1-3-7-16)22(28)13-10-17-8-4-5-9-19(17)25/h1-14H,15H2/b13-10+. The maximum atomic E-state index is 13.1. The van der Waals surface area contributed by atoms with Crippen molar-refractivity contribution < 1.29 is 4.79 Å². The quantitative estimate of drug-likeness (QED) is 0.287.